The second-order valence-corrected chi connectivity index (χ2v) is 8.13. The molecule has 11 heteroatoms. The number of nitrogens with one attached hydrogen (secondary N) is 1. The van der Waals surface area contributed by atoms with Crippen LogP contribution in [0.1, 0.15) is 17.2 Å². The lowest BCUT2D eigenvalue weighted by atomic mass is 10.1. The molecule has 0 fully saturated rings. The van der Waals surface area contributed by atoms with Crippen molar-refractivity contribution in [3.05, 3.63) is 81.4 Å². The first-order chi connectivity index (χ1) is 13.3. The summed E-state index contributed by atoms with van der Waals surface area (Å²) in [5.41, 5.74) is 0.544. The van der Waals surface area contributed by atoms with E-state index < -0.39 is 21.0 Å². The summed E-state index contributed by atoms with van der Waals surface area (Å²) in [4.78, 5) is 14.1. The molecule has 146 valence electrons. The third kappa shape index (κ3) is 4.35. The molecule has 3 rings (SSSR count). The number of sulfonamides is 1. The zero-order chi connectivity index (χ0) is 20.3. The molecule has 9 nitrogen and oxygen atoms in total. The molecule has 1 unspecified atom stereocenters. The first-order valence-corrected chi connectivity index (χ1v) is 9.98. The normalized spacial score (nSPS) is 12.6. The molecule has 0 aliphatic heterocycles. The third-order valence-corrected chi connectivity index (χ3v) is 5.98. The summed E-state index contributed by atoms with van der Waals surface area (Å²) in [5.74, 6) is 0. The van der Waals surface area contributed by atoms with E-state index in [1.807, 2.05) is 6.07 Å². The zero-order valence-corrected chi connectivity index (χ0v) is 16.3. The Morgan fingerprint density at radius 2 is 2.00 bits per heavy atom. The van der Waals surface area contributed by atoms with Crippen molar-refractivity contribution < 1.29 is 13.3 Å². The van der Waals surface area contributed by atoms with Gasteiger partial charge in [0.15, 0.2) is 0 Å². The van der Waals surface area contributed by atoms with Gasteiger partial charge < -0.3 is 0 Å². The van der Waals surface area contributed by atoms with Crippen LogP contribution in [0.3, 0.4) is 0 Å². The number of nitro benzene ring substituents is 1. The van der Waals surface area contributed by atoms with E-state index in [1.165, 1.54) is 30.3 Å². The Morgan fingerprint density at radius 1 is 1.29 bits per heavy atom. The van der Waals surface area contributed by atoms with Crippen molar-refractivity contribution in [1.82, 2.24) is 19.5 Å². The maximum absolute atomic E-state index is 12.9. The fourth-order valence-electron chi connectivity index (χ4n) is 2.65. The van der Waals surface area contributed by atoms with Gasteiger partial charge in [0.2, 0.25) is 10.0 Å². The van der Waals surface area contributed by atoms with Gasteiger partial charge in [0.05, 0.1) is 27.4 Å². The van der Waals surface area contributed by atoms with Crippen LogP contribution in [0, 0.1) is 17.0 Å². The molecule has 0 aliphatic rings. The number of hydrogen-bond acceptors (Lipinski definition) is 6. The molecular formula is C17H16ClN5O4S. The predicted molar refractivity (Wildman–Crippen MR) is 102 cm³/mol. The standard InChI is InChI=1S/C17H16ClN5O4S/c1-12-15(18)7-14(8-17(12)23(24)25)28(26,27)21-16(9-22-11-19-10-20-22)13-5-3-2-4-6-13/h2-8,10-11,16,21H,9H2,1H3. The molecule has 1 atom stereocenters. The third-order valence-electron chi connectivity index (χ3n) is 4.13. The van der Waals surface area contributed by atoms with E-state index in [-0.39, 0.29) is 27.7 Å². The van der Waals surface area contributed by atoms with Gasteiger partial charge in [-0.25, -0.2) is 18.1 Å². The maximum atomic E-state index is 12.9. The Hall–Kier alpha value is -2.82. The van der Waals surface area contributed by atoms with Gasteiger partial charge in [0.25, 0.3) is 5.69 Å². The summed E-state index contributed by atoms with van der Waals surface area (Å²) in [6, 6.07) is 10.4. The molecular weight excluding hydrogens is 406 g/mol. The Kier molecular flexibility index (Phi) is 5.73. The van der Waals surface area contributed by atoms with Crippen LogP contribution in [0.2, 0.25) is 5.02 Å². The summed E-state index contributed by atoms with van der Waals surface area (Å²) >= 11 is 6.02. The van der Waals surface area contributed by atoms with Crippen LogP contribution in [0.15, 0.2) is 60.0 Å². The van der Waals surface area contributed by atoms with E-state index in [0.29, 0.717) is 5.56 Å². The van der Waals surface area contributed by atoms with E-state index >= 15 is 0 Å². The van der Waals surface area contributed by atoms with E-state index in [4.69, 9.17) is 11.6 Å². The van der Waals surface area contributed by atoms with Gasteiger partial charge in [-0.1, -0.05) is 41.9 Å². The largest absolute Gasteiger partial charge is 0.275 e. The number of benzene rings is 2. The van der Waals surface area contributed by atoms with E-state index in [1.54, 1.807) is 24.3 Å². The van der Waals surface area contributed by atoms with Crippen molar-refractivity contribution >= 4 is 27.3 Å². The Morgan fingerprint density at radius 3 is 2.61 bits per heavy atom. The Bertz CT molecular complexity index is 1090. The minimum Gasteiger partial charge on any atom is -0.258 e. The molecule has 2 aromatic carbocycles. The van der Waals surface area contributed by atoms with Crippen molar-refractivity contribution in [3.63, 3.8) is 0 Å². The van der Waals surface area contributed by atoms with Crippen molar-refractivity contribution in [2.75, 3.05) is 0 Å². The highest BCUT2D eigenvalue weighted by Crippen LogP contribution is 2.30. The highest BCUT2D eigenvalue weighted by molar-refractivity contribution is 7.89. The van der Waals surface area contributed by atoms with Crippen LogP contribution >= 0.6 is 11.6 Å². The number of rotatable bonds is 7. The predicted octanol–water partition coefficient (Wildman–Crippen LogP) is 2.87. The molecule has 0 saturated carbocycles. The van der Waals surface area contributed by atoms with Crippen molar-refractivity contribution in [2.45, 2.75) is 24.4 Å². The first-order valence-electron chi connectivity index (χ1n) is 8.12. The monoisotopic (exact) mass is 421 g/mol. The van der Waals surface area contributed by atoms with Crippen molar-refractivity contribution in [1.29, 1.82) is 0 Å². The molecule has 3 aromatic rings. The van der Waals surface area contributed by atoms with Gasteiger partial charge in [-0.2, -0.15) is 5.10 Å². The lowest BCUT2D eigenvalue weighted by Gasteiger charge is -2.19. The van der Waals surface area contributed by atoms with Crippen LogP contribution in [0.5, 0.6) is 0 Å². The van der Waals surface area contributed by atoms with E-state index in [0.717, 1.165) is 6.07 Å². The van der Waals surface area contributed by atoms with Gasteiger partial charge in [-0.15, -0.1) is 0 Å². The van der Waals surface area contributed by atoms with E-state index in [9.17, 15) is 18.5 Å². The van der Waals surface area contributed by atoms with Crippen LogP contribution in [0.4, 0.5) is 5.69 Å². The lowest BCUT2D eigenvalue weighted by molar-refractivity contribution is -0.385. The SMILES string of the molecule is Cc1c(Cl)cc(S(=O)(=O)NC(Cn2cncn2)c2ccccc2)cc1[N+](=O)[O-]. The average molecular weight is 422 g/mol. The summed E-state index contributed by atoms with van der Waals surface area (Å²) in [6.07, 6.45) is 2.82. The van der Waals surface area contributed by atoms with Crippen LogP contribution < -0.4 is 4.72 Å². The minimum absolute atomic E-state index is 0.00196. The highest BCUT2D eigenvalue weighted by atomic mass is 35.5. The molecule has 0 spiro atoms. The summed E-state index contributed by atoms with van der Waals surface area (Å²) in [5, 5.41) is 15.2. The fraction of sp³-hybridized carbons (Fsp3) is 0.176. The molecule has 0 aliphatic carbocycles. The Balaban J connectivity index is 1.99. The van der Waals surface area contributed by atoms with Crippen LogP contribution in [0.25, 0.3) is 0 Å². The zero-order valence-electron chi connectivity index (χ0n) is 14.7. The molecule has 0 saturated heterocycles. The summed E-state index contributed by atoms with van der Waals surface area (Å²) in [6.45, 7) is 1.65. The lowest BCUT2D eigenvalue weighted by Crippen LogP contribution is -2.31. The molecule has 1 heterocycles. The second kappa shape index (κ2) is 8.05. The van der Waals surface area contributed by atoms with Gasteiger partial charge in [-0.05, 0) is 18.6 Å². The van der Waals surface area contributed by atoms with Crippen LogP contribution in [-0.4, -0.2) is 28.1 Å². The molecule has 1 aromatic heterocycles. The number of hydrogen-bond donors (Lipinski definition) is 1. The van der Waals surface area contributed by atoms with Gasteiger partial charge in [-0.3, -0.25) is 14.8 Å². The molecule has 0 amide bonds. The minimum atomic E-state index is -4.11. The highest BCUT2D eigenvalue weighted by Gasteiger charge is 2.26. The smallest absolute Gasteiger partial charge is 0.258 e. The van der Waals surface area contributed by atoms with Gasteiger partial charge >= 0.3 is 0 Å². The fourth-order valence-corrected chi connectivity index (χ4v) is 4.19. The quantitative estimate of drug-likeness (QED) is 0.462. The van der Waals surface area contributed by atoms with E-state index in [2.05, 4.69) is 14.8 Å². The first kappa shape index (κ1) is 19.9. The topological polar surface area (TPSA) is 120 Å². The van der Waals surface area contributed by atoms with Gasteiger partial charge in [0, 0.05) is 11.6 Å². The number of nitro groups is 1. The summed E-state index contributed by atoms with van der Waals surface area (Å²) in [7, 11) is -4.11. The summed E-state index contributed by atoms with van der Waals surface area (Å²) < 4.78 is 30.0. The van der Waals surface area contributed by atoms with Crippen LogP contribution in [-0.2, 0) is 16.6 Å². The molecule has 0 radical (unpaired) electrons. The maximum Gasteiger partial charge on any atom is 0.275 e. The number of nitrogens with zero attached hydrogens (tertiary/aromatic N) is 4. The molecule has 0 bridgehead atoms. The van der Waals surface area contributed by atoms with Gasteiger partial charge in [0.1, 0.15) is 12.7 Å². The van der Waals surface area contributed by atoms with Crippen molar-refractivity contribution in [3.8, 4) is 0 Å². The molecule has 1 N–H and O–H groups in total. The second-order valence-electron chi connectivity index (χ2n) is 6.01. The van der Waals surface area contributed by atoms with Crippen molar-refractivity contribution in [2.24, 2.45) is 0 Å². The average Bonchev–Trinajstić information content (AvgIpc) is 3.16. The number of halogens is 1. The molecule has 28 heavy (non-hydrogen) atoms. The Labute approximate surface area is 166 Å². The number of aromatic nitrogens is 3.